The van der Waals surface area contributed by atoms with Gasteiger partial charge in [0.1, 0.15) is 17.6 Å². The predicted octanol–water partition coefficient (Wildman–Crippen LogP) is 2.05. The van der Waals surface area contributed by atoms with E-state index in [1.165, 1.54) is 11.1 Å². The van der Waals surface area contributed by atoms with Crippen molar-refractivity contribution in [3.63, 3.8) is 0 Å². The molecule has 1 aliphatic rings. The molecule has 1 saturated heterocycles. The minimum atomic E-state index is -1.49. The molecule has 3 N–H and O–H groups in total. The summed E-state index contributed by atoms with van der Waals surface area (Å²) in [4.78, 5) is 42.9. The monoisotopic (exact) mass is 425 g/mol. The van der Waals surface area contributed by atoms with Crippen LogP contribution in [0, 0.1) is 0 Å². The normalized spacial score (nSPS) is 18.9. The first kappa shape index (κ1) is 22.4. The second-order valence-electron chi connectivity index (χ2n) is 7.89. The number of amides is 1. The van der Waals surface area contributed by atoms with Gasteiger partial charge in [0.2, 0.25) is 5.91 Å². The fourth-order valence-electron chi connectivity index (χ4n) is 4.02. The van der Waals surface area contributed by atoms with E-state index < -0.39 is 35.5 Å². The van der Waals surface area contributed by atoms with Crippen molar-refractivity contribution < 1.29 is 24.6 Å². The number of nitrogens with zero attached hydrogens (tertiary/aromatic N) is 2. The van der Waals surface area contributed by atoms with E-state index in [4.69, 9.17) is 0 Å². The molecule has 1 aromatic heterocycles. The number of rotatable bonds is 9. The number of hydrogen-bond acceptors (Lipinski definition) is 5. The zero-order valence-electron chi connectivity index (χ0n) is 17.4. The van der Waals surface area contributed by atoms with Crippen molar-refractivity contribution in [2.45, 2.75) is 50.2 Å². The third-order valence-corrected chi connectivity index (χ3v) is 5.73. The van der Waals surface area contributed by atoms with Gasteiger partial charge in [-0.15, -0.1) is 0 Å². The average Bonchev–Trinajstić information content (AvgIpc) is 3.27. The van der Waals surface area contributed by atoms with Gasteiger partial charge in [-0.05, 0) is 50.3 Å². The Morgan fingerprint density at radius 2 is 1.87 bits per heavy atom. The molecule has 0 spiro atoms. The Bertz CT molecular complexity index is 921. The molecule has 31 heavy (non-hydrogen) atoms. The lowest BCUT2D eigenvalue weighted by molar-refractivity contribution is -0.152. The molecule has 1 amide bonds. The minimum absolute atomic E-state index is 0.261. The molecule has 0 radical (unpaired) electrons. The molecule has 0 bridgehead atoms. The molecule has 2 heterocycles. The molecule has 1 fully saturated rings. The molecule has 2 aromatic rings. The number of pyridine rings is 1. The number of carbonyl (C=O) groups excluding carboxylic acids is 1. The summed E-state index contributed by atoms with van der Waals surface area (Å²) in [6.07, 6.45) is 3.25. The maximum atomic E-state index is 13.6. The smallest absolute Gasteiger partial charge is 0.326 e. The summed E-state index contributed by atoms with van der Waals surface area (Å²) in [6, 6.07) is 12.6. The van der Waals surface area contributed by atoms with Crippen molar-refractivity contribution in [2.75, 3.05) is 6.54 Å². The number of benzene rings is 1. The number of aryl methyl sites for hydroxylation is 1. The highest BCUT2D eigenvalue weighted by atomic mass is 16.4. The largest absolute Gasteiger partial charge is 0.480 e. The first-order valence-electron chi connectivity index (χ1n) is 10.3. The summed E-state index contributed by atoms with van der Waals surface area (Å²) in [6.45, 7) is 1.88. The number of hydrogen-bond donors (Lipinski definition) is 3. The van der Waals surface area contributed by atoms with Gasteiger partial charge in [0, 0.05) is 12.7 Å². The third kappa shape index (κ3) is 5.08. The Labute approximate surface area is 180 Å². The van der Waals surface area contributed by atoms with Crippen molar-refractivity contribution in [2.24, 2.45) is 0 Å². The van der Waals surface area contributed by atoms with Crippen LogP contribution in [0.2, 0.25) is 0 Å². The second-order valence-corrected chi connectivity index (χ2v) is 7.89. The van der Waals surface area contributed by atoms with E-state index in [2.05, 4.69) is 10.3 Å². The summed E-state index contributed by atoms with van der Waals surface area (Å²) < 4.78 is 0. The molecule has 1 aromatic carbocycles. The highest BCUT2D eigenvalue weighted by Gasteiger charge is 2.46. The number of aromatic nitrogens is 1. The Kier molecular flexibility index (Phi) is 7.02. The van der Waals surface area contributed by atoms with E-state index in [1.807, 2.05) is 30.3 Å². The Balaban J connectivity index is 1.89. The summed E-state index contributed by atoms with van der Waals surface area (Å²) in [5.41, 5.74) is -0.145. The van der Waals surface area contributed by atoms with Crippen LogP contribution in [0.25, 0.3) is 0 Å². The number of carboxylic acid groups (broad SMARTS) is 2. The van der Waals surface area contributed by atoms with E-state index in [-0.39, 0.29) is 6.42 Å². The highest BCUT2D eigenvalue weighted by molar-refractivity contribution is 5.91. The number of carboxylic acids is 2. The lowest BCUT2D eigenvalue weighted by atomic mass is 9.92. The van der Waals surface area contributed by atoms with Gasteiger partial charge < -0.3 is 15.1 Å². The van der Waals surface area contributed by atoms with E-state index in [0.29, 0.717) is 31.5 Å². The minimum Gasteiger partial charge on any atom is -0.480 e. The molecular weight excluding hydrogens is 398 g/mol. The lowest BCUT2D eigenvalue weighted by Crippen LogP contribution is -2.60. The summed E-state index contributed by atoms with van der Waals surface area (Å²) >= 11 is 0. The van der Waals surface area contributed by atoms with Gasteiger partial charge in [0.15, 0.2) is 0 Å². The Morgan fingerprint density at radius 1 is 1.16 bits per heavy atom. The predicted molar refractivity (Wildman–Crippen MR) is 113 cm³/mol. The van der Waals surface area contributed by atoms with Gasteiger partial charge >= 0.3 is 11.9 Å². The van der Waals surface area contributed by atoms with Crippen molar-refractivity contribution in [3.8, 4) is 0 Å². The van der Waals surface area contributed by atoms with Gasteiger partial charge in [-0.2, -0.15) is 0 Å². The SMILES string of the molecule is C[C@](NC(CCc1ccccc1)C(=O)O)(C(=O)N1CCC[C@H]1C(=O)O)c1ccccn1. The molecular formula is C23H27N3O5. The number of aliphatic carboxylic acids is 2. The molecule has 0 aliphatic carbocycles. The zero-order chi connectivity index (χ0) is 22.4. The number of likely N-dealkylation sites (tertiary alicyclic amines) is 1. The van der Waals surface area contributed by atoms with Crippen molar-refractivity contribution in [3.05, 3.63) is 66.0 Å². The van der Waals surface area contributed by atoms with Crippen LogP contribution >= 0.6 is 0 Å². The standard InChI is InChI=1S/C23H27N3O5/c1-23(19-11-5-6-14-24-19,22(31)26-15-7-10-18(26)21(29)30)25-17(20(27)28)13-12-16-8-3-2-4-9-16/h2-6,8-9,11,14,17-18,25H,7,10,12-13,15H2,1H3,(H,27,28)(H,29,30)/t17?,18-,23+/m0/s1. The summed E-state index contributed by atoms with van der Waals surface area (Å²) in [7, 11) is 0. The van der Waals surface area contributed by atoms with Crippen LogP contribution in [0.5, 0.6) is 0 Å². The maximum Gasteiger partial charge on any atom is 0.326 e. The molecule has 0 saturated carbocycles. The van der Waals surface area contributed by atoms with Crippen molar-refractivity contribution in [1.29, 1.82) is 0 Å². The highest BCUT2D eigenvalue weighted by Crippen LogP contribution is 2.28. The molecule has 164 valence electrons. The third-order valence-electron chi connectivity index (χ3n) is 5.73. The molecule has 1 unspecified atom stereocenters. The molecule has 1 aliphatic heterocycles. The topological polar surface area (TPSA) is 120 Å². The van der Waals surface area contributed by atoms with Gasteiger partial charge in [0.25, 0.3) is 0 Å². The summed E-state index contributed by atoms with van der Waals surface area (Å²) in [5.74, 6) is -2.63. The van der Waals surface area contributed by atoms with E-state index >= 15 is 0 Å². The molecule has 8 nitrogen and oxygen atoms in total. The number of nitrogens with one attached hydrogen (secondary N) is 1. The fourth-order valence-corrected chi connectivity index (χ4v) is 4.02. The first-order valence-corrected chi connectivity index (χ1v) is 10.3. The van der Waals surface area contributed by atoms with Crippen LogP contribution in [0.1, 0.15) is 37.4 Å². The van der Waals surface area contributed by atoms with Crippen LogP contribution in [-0.2, 0) is 26.3 Å². The van der Waals surface area contributed by atoms with Crippen LogP contribution in [-0.4, -0.2) is 56.6 Å². The van der Waals surface area contributed by atoms with Crippen LogP contribution in [0.4, 0.5) is 0 Å². The molecule has 3 rings (SSSR count). The average molecular weight is 425 g/mol. The van der Waals surface area contributed by atoms with Gasteiger partial charge in [-0.25, -0.2) is 4.79 Å². The Hall–Kier alpha value is -3.26. The molecule has 8 heteroatoms. The number of carbonyl (C=O) groups is 3. The van der Waals surface area contributed by atoms with Gasteiger partial charge in [-0.3, -0.25) is 19.9 Å². The van der Waals surface area contributed by atoms with E-state index in [9.17, 15) is 24.6 Å². The van der Waals surface area contributed by atoms with Crippen molar-refractivity contribution in [1.82, 2.24) is 15.2 Å². The van der Waals surface area contributed by atoms with Gasteiger partial charge in [0.05, 0.1) is 5.69 Å². The Morgan fingerprint density at radius 3 is 2.48 bits per heavy atom. The lowest BCUT2D eigenvalue weighted by Gasteiger charge is -2.36. The van der Waals surface area contributed by atoms with E-state index in [0.717, 1.165) is 5.56 Å². The summed E-state index contributed by atoms with van der Waals surface area (Å²) in [5, 5.41) is 22.4. The fraction of sp³-hybridized carbons (Fsp3) is 0.391. The van der Waals surface area contributed by atoms with Crippen LogP contribution < -0.4 is 5.32 Å². The maximum absolute atomic E-state index is 13.6. The van der Waals surface area contributed by atoms with E-state index in [1.54, 1.807) is 25.1 Å². The zero-order valence-corrected chi connectivity index (χ0v) is 17.4. The van der Waals surface area contributed by atoms with Crippen LogP contribution in [0.15, 0.2) is 54.7 Å². The van der Waals surface area contributed by atoms with Gasteiger partial charge in [-0.1, -0.05) is 36.4 Å². The molecule has 3 atom stereocenters. The quantitative estimate of drug-likeness (QED) is 0.562. The van der Waals surface area contributed by atoms with Crippen molar-refractivity contribution >= 4 is 17.8 Å². The first-order chi connectivity index (χ1) is 14.8. The van der Waals surface area contributed by atoms with Crippen LogP contribution in [0.3, 0.4) is 0 Å². The second kappa shape index (κ2) is 9.70.